The molecule has 0 fully saturated rings. The number of anilines is 2. The summed E-state index contributed by atoms with van der Waals surface area (Å²) in [5.74, 6) is -1.23. The van der Waals surface area contributed by atoms with Gasteiger partial charge in [0.05, 0.1) is 28.4 Å². The average Bonchev–Trinajstić information content (AvgIpc) is 2.78. The minimum absolute atomic E-state index is 0.0275. The molecule has 0 saturated carbocycles. The fraction of sp³-hybridized carbons (Fsp3) is 0.130. The summed E-state index contributed by atoms with van der Waals surface area (Å²) in [4.78, 5) is 25.1. The van der Waals surface area contributed by atoms with Crippen molar-refractivity contribution in [3.63, 3.8) is 0 Å². The molecule has 0 heterocycles. The zero-order chi connectivity index (χ0) is 23.1. The van der Waals surface area contributed by atoms with E-state index < -0.39 is 28.4 Å². The summed E-state index contributed by atoms with van der Waals surface area (Å²) in [6.07, 6.45) is 0. The molecule has 0 unspecified atom stereocenters. The van der Waals surface area contributed by atoms with E-state index in [1.165, 1.54) is 24.3 Å². The number of amides is 1. The van der Waals surface area contributed by atoms with Crippen molar-refractivity contribution >= 4 is 44.9 Å². The molecule has 1 N–H and O–H groups in total. The van der Waals surface area contributed by atoms with Crippen molar-refractivity contribution < 1.29 is 22.7 Å². The number of rotatable bonds is 8. The molecule has 7 nitrogen and oxygen atoms in total. The Bertz CT molecular complexity index is 1220. The van der Waals surface area contributed by atoms with Crippen LogP contribution in [0, 0.1) is 0 Å². The van der Waals surface area contributed by atoms with Gasteiger partial charge in [-0.1, -0.05) is 48.0 Å². The molecule has 0 aliphatic carbocycles. The molecule has 3 rings (SSSR count). The Balaban J connectivity index is 1.93. The van der Waals surface area contributed by atoms with Gasteiger partial charge in [0.1, 0.15) is 6.54 Å². The summed E-state index contributed by atoms with van der Waals surface area (Å²) < 4.78 is 32.6. The lowest BCUT2D eigenvalue weighted by Crippen LogP contribution is -2.38. The minimum atomic E-state index is -4.07. The van der Waals surface area contributed by atoms with Crippen molar-refractivity contribution in [2.24, 2.45) is 0 Å². The van der Waals surface area contributed by atoms with Crippen molar-refractivity contribution in [1.82, 2.24) is 0 Å². The van der Waals surface area contributed by atoms with Crippen LogP contribution in [0.1, 0.15) is 17.3 Å². The zero-order valence-electron chi connectivity index (χ0n) is 17.2. The van der Waals surface area contributed by atoms with Crippen molar-refractivity contribution in [3.8, 4) is 0 Å². The van der Waals surface area contributed by atoms with E-state index in [-0.39, 0.29) is 28.4 Å². The minimum Gasteiger partial charge on any atom is -0.462 e. The SMILES string of the molecule is CCOC(=O)c1ccccc1NC(=O)CN(c1cccc(Cl)c1)S(=O)(=O)c1ccccc1. The van der Waals surface area contributed by atoms with Gasteiger partial charge in [0.2, 0.25) is 5.91 Å². The standard InChI is InChI=1S/C23H21ClN2O5S/c1-2-31-23(28)20-13-6-7-14-21(20)25-22(27)16-26(18-10-8-9-17(24)15-18)32(29,30)19-11-4-3-5-12-19/h3-15H,2,16H2,1H3,(H,25,27). The lowest BCUT2D eigenvalue weighted by molar-refractivity contribution is -0.114. The highest BCUT2D eigenvalue weighted by molar-refractivity contribution is 7.92. The number of carbonyl (C=O) groups is 2. The van der Waals surface area contributed by atoms with E-state index in [4.69, 9.17) is 16.3 Å². The first-order valence-electron chi connectivity index (χ1n) is 9.72. The van der Waals surface area contributed by atoms with E-state index >= 15 is 0 Å². The number of halogens is 1. The monoisotopic (exact) mass is 472 g/mol. The predicted molar refractivity (Wildman–Crippen MR) is 123 cm³/mol. The summed E-state index contributed by atoms with van der Waals surface area (Å²) in [6.45, 7) is 1.32. The molecule has 0 bridgehead atoms. The topological polar surface area (TPSA) is 92.8 Å². The van der Waals surface area contributed by atoms with Crippen LogP contribution in [0.15, 0.2) is 83.8 Å². The Morgan fingerprint density at radius 2 is 1.66 bits per heavy atom. The summed E-state index contributed by atoms with van der Waals surface area (Å²) in [7, 11) is -4.07. The van der Waals surface area contributed by atoms with Gasteiger partial charge in [0.15, 0.2) is 0 Å². The average molecular weight is 473 g/mol. The van der Waals surface area contributed by atoms with Gasteiger partial charge >= 0.3 is 5.97 Å². The molecule has 0 atom stereocenters. The van der Waals surface area contributed by atoms with Crippen molar-refractivity contribution in [1.29, 1.82) is 0 Å². The number of nitrogens with one attached hydrogen (secondary N) is 1. The molecule has 3 aromatic carbocycles. The molecular formula is C23H21ClN2O5S. The highest BCUT2D eigenvalue weighted by Crippen LogP contribution is 2.26. The Morgan fingerprint density at radius 1 is 0.969 bits per heavy atom. The second kappa shape index (κ2) is 10.3. The van der Waals surface area contributed by atoms with Crippen LogP contribution in [0.4, 0.5) is 11.4 Å². The van der Waals surface area contributed by atoms with E-state index in [2.05, 4.69) is 5.32 Å². The van der Waals surface area contributed by atoms with Gasteiger partial charge in [0.25, 0.3) is 10.0 Å². The van der Waals surface area contributed by atoms with Gasteiger partial charge in [-0.05, 0) is 49.4 Å². The smallest absolute Gasteiger partial charge is 0.340 e. The van der Waals surface area contributed by atoms with Gasteiger partial charge in [0, 0.05) is 5.02 Å². The van der Waals surface area contributed by atoms with Crippen LogP contribution in [-0.4, -0.2) is 33.4 Å². The second-order valence-corrected chi connectivity index (χ2v) is 8.92. The number of carbonyl (C=O) groups excluding carboxylic acids is 2. The molecule has 32 heavy (non-hydrogen) atoms. The van der Waals surface area contributed by atoms with Crippen LogP contribution in [0.25, 0.3) is 0 Å². The highest BCUT2D eigenvalue weighted by atomic mass is 35.5. The fourth-order valence-corrected chi connectivity index (χ4v) is 4.58. The molecule has 0 saturated heterocycles. The largest absolute Gasteiger partial charge is 0.462 e. The molecule has 1 amide bonds. The Morgan fingerprint density at radius 3 is 2.34 bits per heavy atom. The number of nitrogens with zero attached hydrogens (tertiary/aromatic N) is 1. The number of esters is 1. The summed E-state index contributed by atoms with van der Waals surface area (Å²) in [5, 5.41) is 2.93. The van der Waals surface area contributed by atoms with Gasteiger partial charge < -0.3 is 10.1 Å². The molecule has 0 radical (unpaired) electrons. The lowest BCUT2D eigenvalue weighted by atomic mass is 10.2. The molecule has 0 aliphatic heterocycles. The van der Waals surface area contributed by atoms with Crippen LogP contribution in [0.3, 0.4) is 0 Å². The number of benzene rings is 3. The van der Waals surface area contributed by atoms with Crippen LogP contribution in [-0.2, 0) is 19.6 Å². The van der Waals surface area contributed by atoms with Crippen LogP contribution in [0.5, 0.6) is 0 Å². The van der Waals surface area contributed by atoms with Crippen LogP contribution < -0.4 is 9.62 Å². The van der Waals surface area contributed by atoms with Crippen LogP contribution in [0.2, 0.25) is 5.02 Å². The van der Waals surface area contributed by atoms with E-state index in [1.54, 1.807) is 61.5 Å². The summed E-state index contributed by atoms with van der Waals surface area (Å²) in [5.41, 5.74) is 0.622. The summed E-state index contributed by atoms with van der Waals surface area (Å²) >= 11 is 6.06. The molecule has 166 valence electrons. The fourth-order valence-electron chi connectivity index (χ4n) is 2.97. The van der Waals surface area contributed by atoms with E-state index in [1.807, 2.05) is 0 Å². The third-order valence-electron chi connectivity index (χ3n) is 4.41. The van der Waals surface area contributed by atoms with Gasteiger partial charge in [-0.2, -0.15) is 0 Å². The predicted octanol–water partition coefficient (Wildman–Crippen LogP) is 4.35. The maximum absolute atomic E-state index is 13.3. The maximum Gasteiger partial charge on any atom is 0.340 e. The van der Waals surface area contributed by atoms with Crippen molar-refractivity contribution in [2.75, 3.05) is 22.8 Å². The highest BCUT2D eigenvalue weighted by Gasteiger charge is 2.27. The number of ether oxygens (including phenoxy) is 1. The number of para-hydroxylation sites is 1. The first-order valence-corrected chi connectivity index (χ1v) is 11.5. The first kappa shape index (κ1) is 23.3. The molecule has 9 heteroatoms. The first-order chi connectivity index (χ1) is 15.3. The van der Waals surface area contributed by atoms with Crippen molar-refractivity contribution in [3.05, 3.63) is 89.4 Å². The maximum atomic E-state index is 13.3. The number of sulfonamides is 1. The van der Waals surface area contributed by atoms with E-state index in [0.29, 0.717) is 5.02 Å². The third kappa shape index (κ3) is 5.46. The molecule has 3 aromatic rings. The summed E-state index contributed by atoms with van der Waals surface area (Å²) in [6, 6.07) is 20.3. The van der Waals surface area contributed by atoms with Crippen molar-refractivity contribution in [2.45, 2.75) is 11.8 Å². The molecule has 0 aromatic heterocycles. The van der Waals surface area contributed by atoms with E-state index in [9.17, 15) is 18.0 Å². The van der Waals surface area contributed by atoms with Gasteiger partial charge in [-0.15, -0.1) is 0 Å². The molecule has 0 aliphatic rings. The third-order valence-corrected chi connectivity index (χ3v) is 6.43. The Hall–Kier alpha value is -3.36. The Labute approximate surface area is 191 Å². The normalized spacial score (nSPS) is 10.9. The number of hydrogen-bond acceptors (Lipinski definition) is 5. The van der Waals surface area contributed by atoms with Crippen LogP contribution >= 0.6 is 11.6 Å². The number of hydrogen-bond donors (Lipinski definition) is 1. The quantitative estimate of drug-likeness (QED) is 0.492. The molecular weight excluding hydrogens is 452 g/mol. The second-order valence-electron chi connectivity index (χ2n) is 6.62. The van der Waals surface area contributed by atoms with Gasteiger partial charge in [-0.3, -0.25) is 9.10 Å². The Kier molecular flexibility index (Phi) is 7.50. The zero-order valence-corrected chi connectivity index (χ0v) is 18.8. The van der Waals surface area contributed by atoms with Gasteiger partial charge in [-0.25, -0.2) is 13.2 Å². The molecule has 0 spiro atoms. The lowest BCUT2D eigenvalue weighted by Gasteiger charge is -2.24. The van der Waals surface area contributed by atoms with E-state index in [0.717, 1.165) is 4.31 Å².